The summed E-state index contributed by atoms with van der Waals surface area (Å²) in [4.78, 5) is 59.0. The number of rotatable bonds is 91. The molecule has 0 amide bonds. The van der Waals surface area contributed by atoms with Crippen molar-refractivity contribution in [1.82, 2.24) is 0 Å². The van der Waals surface area contributed by atoms with Gasteiger partial charge in [-0.1, -0.05) is 404 Å². The lowest BCUT2D eigenvalue weighted by molar-refractivity contribution is -0.161. The molecule has 0 aromatic rings. The SMILES string of the molecule is CC/C=C\C/C=C\C/C=C\C/C=C\C/C=C\C/C=C\CCCCCCCCCCCCCCCCC(=O)OCC(COP(=O)(O)OCC(O)COP(=O)(O)OCC(O)COC(=O)CCCCCCCCCCCCCCCCCCCCC/C=C\C/C=C\C/C=C\C/C=C\C/C=C\CC)OC(=O)CCCCCCC/C=C\CCCCCCCC. The van der Waals surface area contributed by atoms with Gasteiger partial charge in [-0.15, -0.1) is 0 Å². The van der Waals surface area contributed by atoms with Gasteiger partial charge in [-0.25, -0.2) is 9.13 Å². The Balaban J connectivity index is 4.41. The molecule has 0 saturated heterocycles. The number of ether oxygens (including phenoxy) is 3. The van der Waals surface area contributed by atoms with Gasteiger partial charge in [0.25, 0.3) is 0 Å². The number of hydrogen-bond acceptors (Lipinski definition) is 14. The Hall–Kier alpha value is -4.57. The Morgan fingerprint density at radius 2 is 0.445 bits per heavy atom. The lowest BCUT2D eigenvalue weighted by Gasteiger charge is -2.21. The largest absolute Gasteiger partial charge is 0.472 e. The third-order valence-electron chi connectivity index (χ3n) is 20.5. The van der Waals surface area contributed by atoms with Crippen LogP contribution in [0, 0.1) is 0 Å². The summed E-state index contributed by atoms with van der Waals surface area (Å²) in [5.41, 5.74) is 0. The van der Waals surface area contributed by atoms with Gasteiger partial charge in [0.15, 0.2) is 6.10 Å². The van der Waals surface area contributed by atoms with Crippen molar-refractivity contribution >= 4 is 33.6 Å². The van der Waals surface area contributed by atoms with Crippen molar-refractivity contribution in [1.29, 1.82) is 0 Å². The topological polar surface area (TPSA) is 231 Å². The molecule has 0 aliphatic heterocycles. The van der Waals surface area contributed by atoms with Crippen molar-refractivity contribution in [3.8, 4) is 0 Å². The van der Waals surface area contributed by atoms with Crippen LogP contribution < -0.4 is 0 Å². The Kier molecular flexibility index (Phi) is 89.1. The van der Waals surface area contributed by atoms with Crippen molar-refractivity contribution in [2.75, 3.05) is 39.6 Å². The number of hydrogen-bond donors (Lipinski definition) is 4. The highest BCUT2D eigenvalue weighted by Crippen LogP contribution is 2.45. The van der Waals surface area contributed by atoms with Gasteiger partial charge in [0.05, 0.1) is 26.4 Å². The quantitative estimate of drug-likeness (QED) is 0.0146. The van der Waals surface area contributed by atoms with Gasteiger partial charge in [-0.05, 0) is 141 Å². The van der Waals surface area contributed by atoms with Gasteiger partial charge in [0.2, 0.25) is 0 Å². The second-order valence-corrected chi connectivity index (χ2v) is 35.0. The maximum Gasteiger partial charge on any atom is 0.472 e. The summed E-state index contributed by atoms with van der Waals surface area (Å²) in [5, 5.41) is 20.7. The van der Waals surface area contributed by atoms with Crippen LogP contribution in [-0.2, 0) is 55.8 Å². The van der Waals surface area contributed by atoms with Crippen LogP contribution in [0.1, 0.15) is 419 Å². The number of phosphoric ester groups is 2. The second kappa shape index (κ2) is 92.6. The molecular weight excluding hydrogens is 1530 g/mol. The van der Waals surface area contributed by atoms with Crippen molar-refractivity contribution < 1.29 is 75.8 Å². The lowest BCUT2D eigenvalue weighted by atomic mass is 10.0. The van der Waals surface area contributed by atoms with E-state index < -0.39 is 91.5 Å². The number of allylic oxidation sites excluding steroid dienone is 24. The van der Waals surface area contributed by atoms with E-state index in [4.69, 9.17) is 32.3 Å². The van der Waals surface area contributed by atoms with Crippen LogP contribution in [0.4, 0.5) is 0 Å². The first-order valence-corrected chi connectivity index (χ1v) is 51.1. The van der Waals surface area contributed by atoms with E-state index in [9.17, 15) is 43.5 Å². The number of unbranched alkanes of at least 4 members (excludes halogenated alkanes) is 44. The second-order valence-electron chi connectivity index (χ2n) is 32.1. The zero-order valence-corrected chi connectivity index (χ0v) is 77.5. The van der Waals surface area contributed by atoms with Gasteiger partial charge >= 0.3 is 33.6 Å². The van der Waals surface area contributed by atoms with E-state index in [0.717, 1.165) is 154 Å². The van der Waals surface area contributed by atoms with Crippen LogP contribution in [0.2, 0.25) is 0 Å². The molecule has 0 radical (unpaired) electrons. The van der Waals surface area contributed by atoms with Gasteiger partial charge in [0, 0.05) is 19.3 Å². The van der Waals surface area contributed by atoms with E-state index in [1.165, 1.54) is 205 Å². The molecule has 0 aromatic heterocycles. The molecule has 16 nitrogen and oxygen atoms in total. The molecule has 5 unspecified atom stereocenters. The Labute approximate surface area is 728 Å². The van der Waals surface area contributed by atoms with Crippen molar-refractivity contribution in [3.63, 3.8) is 0 Å². The van der Waals surface area contributed by atoms with E-state index in [0.29, 0.717) is 19.3 Å². The van der Waals surface area contributed by atoms with E-state index in [1.807, 2.05) is 0 Å². The molecule has 4 N–H and O–H groups in total. The summed E-state index contributed by atoms with van der Waals surface area (Å²) < 4.78 is 61.5. The van der Waals surface area contributed by atoms with Crippen LogP contribution in [0.15, 0.2) is 146 Å². The minimum atomic E-state index is -4.94. The molecule has 0 fully saturated rings. The molecule has 0 spiro atoms. The summed E-state index contributed by atoms with van der Waals surface area (Å²) in [6.45, 7) is 2.51. The fourth-order valence-electron chi connectivity index (χ4n) is 13.3. The van der Waals surface area contributed by atoms with Crippen molar-refractivity contribution in [2.24, 2.45) is 0 Å². The lowest BCUT2D eigenvalue weighted by Crippen LogP contribution is -2.30. The van der Waals surface area contributed by atoms with Gasteiger partial charge < -0.3 is 34.2 Å². The number of carbonyl (C=O) groups excluding carboxylic acids is 3. The fourth-order valence-corrected chi connectivity index (χ4v) is 14.9. The molecule has 119 heavy (non-hydrogen) atoms. The summed E-state index contributed by atoms with van der Waals surface area (Å²) in [6, 6.07) is 0. The fraction of sp³-hybridized carbons (Fsp3) is 0.733. The van der Waals surface area contributed by atoms with E-state index in [1.54, 1.807) is 0 Å². The molecule has 686 valence electrons. The van der Waals surface area contributed by atoms with Gasteiger partial charge in [0.1, 0.15) is 25.4 Å². The normalized spacial score (nSPS) is 14.4. The molecule has 0 aromatic carbocycles. The highest BCUT2D eigenvalue weighted by atomic mass is 31.2. The summed E-state index contributed by atoms with van der Waals surface area (Å²) in [6.07, 6.45) is 118. The first-order valence-electron chi connectivity index (χ1n) is 48.1. The van der Waals surface area contributed by atoms with E-state index in [-0.39, 0.29) is 19.3 Å². The number of aliphatic hydroxyl groups is 2. The number of carbonyl (C=O) groups is 3. The van der Waals surface area contributed by atoms with Crippen LogP contribution >= 0.6 is 15.6 Å². The minimum absolute atomic E-state index is 0.0950. The molecule has 0 aliphatic rings. The van der Waals surface area contributed by atoms with E-state index >= 15 is 0 Å². The third-order valence-corrected chi connectivity index (χ3v) is 22.4. The van der Waals surface area contributed by atoms with Gasteiger partial charge in [-0.2, -0.15) is 0 Å². The number of esters is 3. The molecule has 0 aliphatic carbocycles. The van der Waals surface area contributed by atoms with Crippen molar-refractivity contribution in [3.05, 3.63) is 146 Å². The molecular formula is C101H176O16P2. The maximum absolute atomic E-state index is 13.0. The van der Waals surface area contributed by atoms with Crippen LogP contribution in [-0.4, -0.2) is 95.9 Å². The molecule has 0 heterocycles. The molecule has 0 saturated carbocycles. The highest BCUT2D eigenvalue weighted by molar-refractivity contribution is 7.47. The van der Waals surface area contributed by atoms with Gasteiger partial charge in [-0.3, -0.25) is 32.5 Å². The first-order chi connectivity index (χ1) is 58.2. The molecule has 0 bridgehead atoms. The average molecular weight is 1710 g/mol. The van der Waals surface area contributed by atoms with E-state index in [2.05, 4.69) is 167 Å². The highest BCUT2D eigenvalue weighted by Gasteiger charge is 2.30. The summed E-state index contributed by atoms with van der Waals surface area (Å²) >= 11 is 0. The number of phosphoric acid groups is 2. The Morgan fingerprint density at radius 1 is 0.244 bits per heavy atom. The summed E-state index contributed by atoms with van der Waals surface area (Å²) in [5.74, 6) is -1.57. The molecule has 18 heteroatoms. The van der Waals surface area contributed by atoms with Crippen LogP contribution in [0.25, 0.3) is 0 Å². The predicted octanol–water partition coefficient (Wildman–Crippen LogP) is 29.9. The average Bonchev–Trinajstić information content (AvgIpc) is 0.900. The molecule has 5 atom stereocenters. The van der Waals surface area contributed by atoms with Crippen molar-refractivity contribution in [2.45, 2.75) is 437 Å². The Bertz CT molecular complexity index is 2740. The zero-order valence-electron chi connectivity index (χ0n) is 75.8. The maximum atomic E-state index is 13.0. The molecule has 0 rings (SSSR count). The smallest absolute Gasteiger partial charge is 0.463 e. The number of aliphatic hydroxyl groups excluding tert-OH is 2. The predicted molar refractivity (Wildman–Crippen MR) is 500 cm³/mol. The van der Waals surface area contributed by atoms with Crippen LogP contribution in [0.3, 0.4) is 0 Å². The zero-order chi connectivity index (χ0) is 86.5. The third kappa shape index (κ3) is 94.0. The standard InChI is InChI=1S/C101H176O16P2/c1-4-7-10-13-16-19-22-25-28-30-32-34-36-38-40-42-44-46-47-49-51-52-54-56-58-60-62-64-67-69-72-75-78-81-84-87-99(104)111-90-96(102)91-113-118(107,108)114-92-97(103)93-115-119(109,110)116-95-98(117-101(106)89-86-83-80-77-74-71-66-27-24-21-18-15-12-9-6-3)94-112-100(105)88-85-82-79-76-73-70-68-65-63-61-59-57-55-53-50-48-45-43-41-39-37-35-33-31-29-26-23-20-17-14-11-8-5-2/h7-8,10-11,16-17,19-20,25-29,32-35,38-41,45,48,66,96-98,102-103H,4-6,9,12-15,18,21-24,30-31,36-37,42-44,46-47,49-65,67-95H2,1-3H3,(H,107,108)(H,109,110)/b10-7-,11-8-,19-16-,20-17-,28-25-,29-26-,34-32-,35-33-,40-38-,41-39-,48-45-,66-27-. The monoisotopic (exact) mass is 1710 g/mol. The Morgan fingerprint density at radius 3 is 0.714 bits per heavy atom. The summed E-state index contributed by atoms with van der Waals surface area (Å²) in [7, 11) is -9.80. The minimum Gasteiger partial charge on any atom is -0.463 e. The first kappa shape index (κ1) is 114. The van der Waals surface area contributed by atoms with Crippen LogP contribution in [0.5, 0.6) is 0 Å².